The third kappa shape index (κ3) is 2.53. The summed E-state index contributed by atoms with van der Waals surface area (Å²) in [5, 5.41) is 24.2. The first-order chi connectivity index (χ1) is 15.9. The molecule has 13 atom stereocenters. The molecular formula is C28H40O6. The van der Waals surface area contributed by atoms with Gasteiger partial charge in [0.05, 0.1) is 23.0 Å². The molecule has 6 rings (SSSR count). The van der Waals surface area contributed by atoms with Gasteiger partial charge in [0, 0.05) is 5.92 Å². The summed E-state index contributed by atoms with van der Waals surface area (Å²) >= 11 is 0. The molecule has 2 aliphatic heterocycles. The van der Waals surface area contributed by atoms with Crippen molar-refractivity contribution in [3.05, 3.63) is 12.2 Å². The first-order valence-corrected chi connectivity index (χ1v) is 13.4. The Labute approximate surface area is 202 Å². The Kier molecular flexibility index (Phi) is 4.74. The van der Waals surface area contributed by atoms with Gasteiger partial charge in [-0.05, 0) is 80.6 Å². The van der Waals surface area contributed by atoms with Crippen LogP contribution < -0.4 is 0 Å². The summed E-state index contributed by atoms with van der Waals surface area (Å²) in [6.45, 7) is 10.4. The van der Waals surface area contributed by atoms with Crippen molar-refractivity contribution in [1.29, 1.82) is 0 Å². The van der Waals surface area contributed by atoms with Crippen LogP contribution in [0.3, 0.4) is 0 Å². The standard InChI is InChI=1S/C28H40O6/c1-14-13-19(33-24(30)15(14)2)16(3)17-9-12-27(31)21-18(8-11-25(17,27)4)26(5)20(29)7-6-10-28(26,32)23-22(21)34-23/h6-7,14-19,21-23,31-32H,8-13H2,1-5H3/t14-,15+,16+,17+,18-,19+,21+,22-,23-,25-,26-,27+,28-/m1/s1. The van der Waals surface area contributed by atoms with Crippen LogP contribution >= 0.6 is 0 Å². The maximum absolute atomic E-state index is 13.3. The Bertz CT molecular complexity index is 961. The molecule has 5 fully saturated rings. The van der Waals surface area contributed by atoms with Crippen molar-refractivity contribution in [2.45, 2.75) is 103 Å². The van der Waals surface area contributed by atoms with Gasteiger partial charge in [0.25, 0.3) is 0 Å². The fourth-order valence-corrected chi connectivity index (χ4v) is 9.54. The van der Waals surface area contributed by atoms with Crippen molar-refractivity contribution in [2.75, 3.05) is 0 Å². The average molecular weight is 473 g/mol. The van der Waals surface area contributed by atoms with Crippen LogP contribution in [-0.2, 0) is 19.1 Å². The summed E-state index contributed by atoms with van der Waals surface area (Å²) in [6, 6.07) is 0. The molecule has 0 radical (unpaired) electrons. The molecule has 6 heteroatoms. The Morgan fingerprint density at radius 3 is 2.53 bits per heavy atom. The number of hydrogen-bond donors (Lipinski definition) is 2. The molecule has 2 heterocycles. The second-order valence-electron chi connectivity index (χ2n) is 13.1. The van der Waals surface area contributed by atoms with Gasteiger partial charge in [-0.15, -0.1) is 0 Å². The summed E-state index contributed by atoms with van der Waals surface area (Å²) in [5.74, 6) is 0.196. The number of ether oxygens (including phenoxy) is 2. The number of hydrogen-bond acceptors (Lipinski definition) is 6. The first kappa shape index (κ1) is 23.2. The third-order valence-electron chi connectivity index (χ3n) is 12.1. The van der Waals surface area contributed by atoms with Crippen molar-refractivity contribution < 1.29 is 29.3 Å². The molecule has 0 amide bonds. The van der Waals surface area contributed by atoms with Crippen molar-refractivity contribution in [3.8, 4) is 0 Å². The van der Waals surface area contributed by atoms with Gasteiger partial charge in [0.15, 0.2) is 5.78 Å². The van der Waals surface area contributed by atoms with Gasteiger partial charge < -0.3 is 19.7 Å². The van der Waals surface area contributed by atoms with E-state index in [-0.39, 0.29) is 59.0 Å². The zero-order chi connectivity index (χ0) is 24.4. The molecule has 6 aliphatic rings. The molecule has 0 bridgehead atoms. The molecular weight excluding hydrogens is 432 g/mol. The predicted molar refractivity (Wildman–Crippen MR) is 124 cm³/mol. The normalized spacial score (nSPS) is 58.8. The number of ketones is 1. The smallest absolute Gasteiger partial charge is 0.309 e. The molecule has 3 saturated carbocycles. The van der Waals surface area contributed by atoms with E-state index in [9.17, 15) is 19.8 Å². The van der Waals surface area contributed by atoms with Gasteiger partial charge in [0.1, 0.15) is 17.8 Å². The molecule has 188 valence electrons. The van der Waals surface area contributed by atoms with E-state index >= 15 is 0 Å². The number of carbonyl (C=O) groups excluding carboxylic acids is 2. The minimum atomic E-state index is -1.19. The highest BCUT2D eigenvalue weighted by Gasteiger charge is 2.80. The fourth-order valence-electron chi connectivity index (χ4n) is 9.54. The van der Waals surface area contributed by atoms with Crippen molar-refractivity contribution >= 4 is 11.8 Å². The summed E-state index contributed by atoms with van der Waals surface area (Å²) in [4.78, 5) is 25.8. The highest BCUT2D eigenvalue weighted by Crippen LogP contribution is 2.73. The monoisotopic (exact) mass is 472 g/mol. The van der Waals surface area contributed by atoms with Crippen LogP contribution in [-0.4, -0.2) is 51.5 Å². The third-order valence-corrected chi connectivity index (χ3v) is 12.1. The summed E-state index contributed by atoms with van der Waals surface area (Å²) in [5.41, 5.74) is -3.43. The Morgan fingerprint density at radius 2 is 1.82 bits per heavy atom. The fraction of sp³-hybridized carbons (Fsp3) is 0.857. The van der Waals surface area contributed by atoms with Crippen LogP contribution in [0.5, 0.6) is 0 Å². The quantitative estimate of drug-likeness (QED) is 0.472. The Morgan fingerprint density at radius 1 is 1.09 bits per heavy atom. The van der Waals surface area contributed by atoms with E-state index in [4.69, 9.17) is 9.47 Å². The van der Waals surface area contributed by atoms with E-state index in [1.165, 1.54) is 0 Å². The second-order valence-corrected chi connectivity index (χ2v) is 13.1. The lowest BCUT2D eigenvalue weighted by Gasteiger charge is -2.62. The largest absolute Gasteiger partial charge is 0.462 e. The highest BCUT2D eigenvalue weighted by molar-refractivity contribution is 5.97. The number of aliphatic hydroxyl groups is 2. The SMILES string of the molecule is C[C@H]([C@@H]1C[C@@H](C)[C@H](C)C(=O)O1)[C@@H]1CC[C@]2(O)[C@@H]3[C@H]4O[C@H]4[C@]4(O)CC=CC(=O)[C@@]4(C)[C@@H]3CC[C@]12C. The molecule has 0 unspecified atom stereocenters. The Hall–Kier alpha value is -1.24. The number of fused-ring (bicyclic) bond motifs is 8. The van der Waals surface area contributed by atoms with Crippen molar-refractivity contribution in [2.24, 2.45) is 46.3 Å². The molecule has 2 saturated heterocycles. The maximum Gasteiger partial charge on any atom is 0.309 e. The van der Waals surface area contributed by atoms with E-state index in [0.717, 1.165) is 25.7 Å². The zero-order valence-corrected chi connectivity index (χ0v) is 21.1. The molecule has 0 aromatic heterocycles. The lowest BCUT2D eigenvalue weighted by atomic mass is 9.42. The summed E-state index contributed by atoms with van der Waals surface area (Å²) in [7, 11) is 0. The van der Waals surface area contributed by atoms with Gasteiger partial charge in [-0.3, -0.25) is 9.59 Å². The second kappa shape index (κ2) is 6.95. The molecule has 34 heavy (non-hydrogen) atoms. The minimum Gasteiger partial charge on any atom is -0.462 e. The molecule has 0 aromatic rings. The van der Waals surface area contributed by atoms with Crippen LogP contribution in [0.15, 0.2) is 12.2 Å². The number of rotatable bonds is 2. The van der Waals surface area contributed by atoms with Crippen molar-refractivity contribution in [1.82, 2.24) is 0 Å². The van der Waals surface area contributed by atoms with Gasteiger partial charge in [-0.2, -0.15) is 0 Å². The lowest BCUT2D eigenvalue weighted by molar-refractivity contribution is -0.225. The first-order valence-electron chi connectivity index (χ1n) is 13.4. The Balaban J connectivity index is 1.33. The van der Waals surface area contributed by atoms with E-state index in [1.807, 2.05) is 13.8 Å². The van der Waals surface area contributed by atoms with Crippen molar-refractivity contribution in [3.63, 3.8) is 0 Å². The highest BCUT2D eigenvalue weighted by atomic mass is 16.6. The summed E-state index contributed by atoms with van der Waals surface area (Å²) in [6.07, 6.45) is 7.12. The van der Waals surface area contributed by atoms with Gasteiger partial charge in [-0.25, -0.2) is 0 Å². The number of epoxide rings is 1. The molecule has 0 aromatic carbocycles. The minimum absolute atomic E-state index is 0.0301. The molecule has 2 N–H and O–H groups in total. The zero-order valence-electron chi connectivity index (χ0n) is 21.1. The van der Waals surface area contributed by atoms with Crippen LogP contribution in [0, 0.1) is 46.3 Å². The average Bonchev–Trinajstić information content (AvgIpc) is 3.53. The van der Waals surface area contributed by atoms with Crippen LogP contribution in [0.4, 0.5) is 0 Å². The van der Waals surface area contributed by atoms with Gasteiger partial charge in [0.2, 0.25) is 0 Å². The number of esters is 1. The van der Waals surface area contributed by atoms with Crippen LogP contribution in [0.25, 0.3) is 0 Å². The van der Waals surface area contributed by atoms with E-state index in [1.54, 1.807) is 12.2 Å². The molecule has 4 aliphatic carbocycles. The van der Waals surface area contributed by atoms with E-state index in [2.05, 4.69) is 20.8 Å². The predicted octanol–water partition coefficient (Wildman–Crippen LogP) is 3.43. The van der Waals surface area contributed by atoms with E-state index in [0.29, 0.717) is 18.8 Å². The van der Waals surface area contributed by atoms with Gasteiger partial charge in [-0.1, -0.05) is 33.8 Å². The van der Waals surface area contributed by atoms with Crippen LogP contribution in [0.1, 0.15) is 73.1 Å². The number of cyclic esters (lactones) is 1. The van der Waals surface area contributed by atoms with Gasteiger partial charge >= 0.3 is 5.97 Å². The maximum atomic E-state index is 13.3. The van der Waals surface area contributed by atoms with Crippen LogP contribution in [0.2, 0.25) is 0 Å². The molecule has 0 spiro atoms. The molecule has 6 nitrogen and oxygen atoms in total. The lowest BCUT2D eigenvalue weighted by Crippen LogP contribution is -2.71. The van der Waals surface area contributed by atoms with E-state index < -0.39 is 22.7 Å². The summed E-state index contributed by atoms with van der Waals surface area (Å²) < 4.78 is 12.1. The number of carbonyl (C=O) groups is 2. The topological polar surface area (TPSA) is 96.4 Å². The number of allylic oxidation sites excluding steroid dienone is 1.